The minimum atomic E-state index is -0.554. The van der Waals surface area contributed by atoms with Crippen LogP contribution in [0.2, 0.25) is 0 Å². The summed E-state index contributed by atoms with van der Waals surface area (Å²) in [6.45, 7) is 2.14. The molecule has 4 heteroatoms. The van der Waals surface area contributed by atoms with Gasteiger partial charge in [-0.25, -0.2) is 4.39 Å². The fourth-order valence-corrected chi connectivity index (χ4v) is 2.23. The second-order valence-corrected chi connectivity index (χ2v) is 5.45. The number of hydrogen-bond donors (Lipinski definition) is 1. The second-order valence-electron chi connectivity index (χ2n) is 5.45. The first-order valence-corrected chi connectivity index (χ1v) is 7.90. The van der Waals surface area contributed by atoms with Crippen LogP contribution in [0.25, 0.3) is 6.08 Å². The molecule has 0 unspecified atom stereocenters. The van der Waals surface area contributed by atoms with Gasteiger partial charge in [-0.2, -0.15) is 5.26 Å². The summed E-state index contributed by atoms with van der Waals surface area (Å²) in [7, 11) is 0. The van der Waals surface area contributed by atoms with Crippen LogP contribution in [0.15, 0.2) is 54.1 Å². The van der Waals surface area contributed by atoms with Crippen molar-refractivity contribution in [1.82, 2.24) is 0 Å². The number of amides is 1. The molecule has 0 saturated carbocycles. The highest BCUT2D eigenvalue weighted by Gasteiger charge is 2.10. The van der Waals surface area contributed by atoms with Gasteiger partial charge < -0.3 is 5.32 Å². The van der Waals surface area contributed by atoms with E-state index in [9.17, 15) is 9.18 Å². The number of anilines is 1. The summed E-state index contributed by atoms with van der Waals surface area (Å²) in [5, 5.41) is 11.8. The number of nitrogens with zero attached hydrogens (tertiary/aromatic N) is 1. The van der Waals surface area contributed by atoms with E-state index in [0.29, 0.717) is 5.69 Å². The number of rotatable bonds is 6. The molecule has 0 spiro atoms. The van der Waals surface area contributed by atoms with Crippen molar-refractivity contribution in [2.45, 2.75) is 26.2 Å². The van der Waals surface area contributed by atoms with Crippen LogP contribution in [-0.4, -0.2) is 5.91 Å². The Bertz CT molecular complexity index is 773. The van der Waals surface area contributed by atoms with Crippen molar-refractivity contribution in [2.24, 2.45) is 0 Å². The first-order chi connectivity index (χ1) is 11.6. The van der Waals surface area contributed by atoms with Crippen molar-refractivity contribution < 1.29 is 9.18 Å². The van der Waals surface area contributed by atoms with Crippen LogP contribution in [0.3, 0.4) is 0 Å². The number of nitriles is 1. The first-order valence-electron chi connectivity index (χ1n) is 7.90. The average Bonchev–Trinajstić information content (AvgIpc) is 2.60. The van der Waals surface area contributed by atoms with Gasteiger partial charge in [0.05, 0.1) is 0 Å². The Morgan fingerprint density at radius 3 is 2.54 bits per heavy atom. The fraction of sp³-hybridized carbons (Fsp3) is 0.200. The number of aryl methyl sites for hydroxylation is 1. The second kappa shape index (κ2) is 8.64. The van der Waals surface area contributed by atoms with Crippen LogP contribution < -0.4 is 5.32 Å². The molecule has 2 aromatic carbocycles. The SMILES string of the molecule is CCCCc1ccc(NC(=O)/C(C#N)=C/c2ccccc2F)cc1. The van der Waals surface area contributed by atoms with E-state index >= 15 is 0 Å². The number of carbonyl (C=O) groups excluding carboxylic acids is 1. The summed E-state index contributed by atoms with van der Waals surface area (Å²) in [5.41, 5.74) is 1.88. The van der Waals surface area contributed by atoms with Gasteiger partial charge in [-0.1, -0.05) is 43.7 Å². The van der Waals surface area contributed by atoms with E-state index in [4.69, 9.17) is 5.26 Å². The molecule has 0 atom stereocenters. The molecule has 0 aliphatic carbocycles. The van der Waals surface area contributed by atoms with Gasteiger partial charge in [-0.15, -0.1) is 0 Å². The molecular weight excluding hydrogens is 303 g/mol. The topological polar surface area (TPSA) is 52.9 Å². The third kappa shape index (κ3) is 4.79. The normalized spacial score (nSPS) is 11.0. The molecule has 2 rings (SSSR count). The van der Waals surface area contributed by atoms with Crippen LogP contribution in [0.1, 0.15) is 30.9 Å². The Balaban J connectivity index is 2.10. The molecule has 122 valence electrons. The van der Waals surface area contributed by atoms with Crippen molar-refractivity contribution in [1.29, 1.82) is 5.26 Å². The van der Waals surface area contributed by atoms with Crippen molar-refractivity contribution in [2.75, 3.05) is 5.32 Å². The van der Waals surface area contributed by atoms with E-state index in [1.54, 1.807) is 24.3 Å². The Labute approximate surface area is 141 Å². The summed E-state index contributed by atoms with van der Waals surface area (Å²) in [6.07, 6.45) is 4.50. The summed E-state index contributed by atoms with van der Waals surface area (Å²) >= 11 is 0. The lowest BCUT2D eigenvalue weighted by Gasteiger charge is -2.06. The third-order valence-corrected chi connectivity index (χ3v) is 3.60. The number of nitrogens with one attached hydrogen (secondary N) is 1. The van der Waals surface area contributed by atoms with Gasteiger partial charge in [0.15, 0.2) is 0 Å². The molecule has 24 heavy (non-hydrogen) atoms. The first kappa shape index (κ1) is 17.4. The predicted octanol–water partition coefficient (Wildman–Crippen LogP) is 4.71. The molecule has 0 aliphatic heterocycles. The zero-order chi connectivity index (χ0) is 17.4. The zero-order valence-corrected chi connectivity index (χ0v) is 13.6. The van der Waals surface area contributed by atoms with Gasteiger partial charge in [-0.3, -0.25) is 4.79 Å². The van der Waals surface area contributed by atoms with E-state index in [-0.39, 0.29) is 11.1 Å². The number of hydrogen-bond acceptors (Lipinski definition) is 2. The summed E-state index contributed by atoms with van der Waals surface area (Å²) < 4.78 is 13.6. The zero-order valence-electron chi connectivity index (χ0n) is 13.6. The van der Waals surface area contributed by atoms with Gasteiger partial charge in [-0.05, 0) is 42.7 Å². The van der Waals surface area contributed by atoms with Gasteiger partial charge in [0.1, 0.15) is 17.5 Å². The average molecular weight is 322 g/mol. The van der Waals surface area contributed by atoms with E-state index in [1.807, 2.05) is 18.2 Å². The Hall–Kier alpha value is -2.93. The lowest BCUT2D eigenvalue weighted by molar-refractivity contribution is -0.112. The van der Waals surface area contributed by atoms with Crippen LogP contribution in [0, 0.1) is 17.1 Å². The van der Waals surface area contributed by atoms with Gasteiger partial charge in [0.2, 0.25) is 0 Å². The van der Waals surface area contributed by atoms with Crippen LogP contribution in [0.4, 0.5) is 10.1 Å². The molecule has 0 aliphatic rings. The standard InChI is InChI=1S/C20H19FN2O/c1-2-3-6-15-9-11-18(12-10-15)23-20(24)17(14-22)13-16-7-4-5-8-19(16)21/h4-5,7-13H,2-3,6H2,1H3,(H,23,24)/b17-13+. The van der Waals surface area contributed by atoms with Gasteiger partial charge in [0.25, 0.3) is 5.91 Å². The highest BCUT2D eigenvalue weighted by Crippen LogP contribution is 2.15. The minimum Gasteiger partial charge on any atom is -0.321 e. The van der Waals surface area contributed by atoms with Gasteiger partial charge >= 0.3 is 0 Å². The molecule has 3 nitrogen and oxygen atoms in total. The third-order valence-electron chi connectivity index (χ3n) is 3.60. The molecule has 0 saturated heterocycles. The highest BCUT2D eigenvalue weighted by atomic mass is 19.1. The van der Waals surface area contributed by atoms with E-state index < -0.39 is 11.7 Å². The number of benzene rings is 2. The van der Waals surface area contributed by atoms with Crippen molar-refractivity contribution in [3.8, 4) is 6.07 Å². The molecule has 0 fully saturated rings. The van der Waals surface area contributed by atoms with E-state index in [1.165, 1.54) is 23.8 Å². The maximum absolute atomic E-state index is 13.6. The molecule has 1 amide bonds. The van der Waals surface area contributed by atoms with E-state index in [0.717, 1.165) is 19.3 Å². The van der Waals surface area contributed by atoms with Crippen molar-refractivity contribution in [3.63, 3.8) is 0 Å². The fourth-order valence-electron chi connectivity index (χ4n) is 2.23. The molecule has 0 radical (unpaired) electrons. The number of unbranched alkanes of at least 4 members (excludes halogenated alkanes) is 1. The summed E-state index contributed by atoms with van der Waals surface area (Å²) in [4.78, 5) is 12.2. The van der Waals surface area contributed by atoms with Gasteiger partial charge in [0, 0.05) is 11.3 Å². The van der Waals surface area contributed by atoms with Crippen LogP contribution in [-0.2, 0) is 11.2 Å². The molecule has 0 bridgehead atoms. The van der Waals surface area contributed by atoms with Crippen LogP contribution in [0.5, 0.6) is 0 Å². The maximum Gasteiger partial charge on any atom is 0.266 e. The quantitative estimate of drug-likeness (QED) is 0.618. The summed E-state index contributed by atoms with van der Waals surface area (Å²) in [5.74, 6) is -1.03. The Morgan fingerprint density at radius 2 is 1.92 bits per heavy atom. The molecule has 0 heterocycles. The maximum atomic E-state index is 13.6. The molecule has 2 aromatic rings. The highest BCUT2D eigenvalue weighted by molar-refractivity contribution is 6.09. The van der Waals surface area contributed by atoms with Crippen LogP contribution >= 0.6 is 0 Å². The lowest BCUT2D eigenvalue weighted by Crippen LogP contribution is -2.13. The lowest BCUT2D eigenvalue weighted by atomic mass is 10.1. The Kier molecular flexibility index (Phi) is 6.27. The molecule has 1 N–H and O–H groups in total. The summed E-state index contributed by atoms with van der Waals surface area (Å²) in [6, 6.07) is 15.4. The minimum absolute atomic E-state index is 0.143. The predicted molar refractivity (Wildman–Crippen MR) is 93.7 cm³/mol. The largest absolute Gasteiger partial charge is 0.321 e. The Morgan fingerprint density at radius 1 is 1.21 bits per heavy atom. The molecule has 0 aromatic heterocycles. The van der Waals surface area contributed by atoms with E-state index in [2.05, 4.69) is 12.2 Å². The van der Waals surface area contributed by atoms with Crippen molar-refractivity contribution in [3.05, 3.63) is 71.0 Å². The number of halogens is 1. The number of carbonyl (C=O) groups is 1. The molecular formula is C20H19FN2O. The van der Waals surface area contributed by atoms with Crippen molar-refractivity contribution >= 4 is 17.7 Å². The smallest absolute Gasteiger partial charge is 0.266 e. The monoisotopic (exact) mass is 322 g/mol.